The summed E-state index contributed by atoms with van der Waals surface area (Å²) in [4.78, 5) is 6.93. The van der Waals surface area contributed by atoms with Crippen molar-refractivity contribution >= 4 is 40.3 Å². The van der Waals surface area contributed by atoms with Gasteiger partial charge in [0, 0.05) is 22.0 Å². The Labute approximate surface area is 210 Å². The summed E-state index contributed by atoms with van der Waals surface area (Å²) in [5.74, 6) is 0.753. The number of para-hydroxylation sites is 3. The molecule has 0 atom stereocenters. The molecule has 36 heavy (non-hydrogen) atoms. The molecule has 0 amide bonds. The number of nitrogens with zero attached hydrogens (tertiary/aromatic N) is 3. The van der Waals surface area contributed by atoms with Crippen molar-refractivity contribution in [3.05, 3.63) is 138 Å². The number of anilines is 2. The number of aromatic nitrogens is 2. The van der Waals surface area contributed by atoms with Gasteiger partial charge in [-0.05, 0) is 54.5 Å². The van der Waals surface area contributed by atoms with Crippen LogP contribution < -0.4 is 21.2 Å². The fourth-order valence-electron chi connectivity index (χ4n) is 4.98. The second kappa shape index (κ2) is 8.75. The van der Waals surface area contributed by atoms with Crippen LogP contribution in [0.5, 0.6) is 0 Å². The first-order valence-electron chi connectivity index (χ1n) is 12.0. The van der Waals surface area contributed by atoms with Crippen LogP contribution in [-0.4, -0.2) is 9.55 Å². The molecule has 0 aliphatic carbocycles. The molecule has 0 fully saturated rings. The Kier molecular flexibility index (Phi) is 5.27. The van der Waals surface area contributed by atoms with E-state index >= 15 is 0 Å². The standard InChI is InChI=1S/C32H26N4/c1-22-21-27-26-14-7-9-17-30(26)36(25-12-4-3-5-13-25)31(27)20-19-24-11-6-8-16-29(24)35(22)32-18-10-15-28(34-32)23(2)33/h3-18,20-21H,1-2,19,33H2/b27-21-,31-20+. The van der Waals surface area contributed by atoms with Crippen molar-refractivity contribution in [3.8, 4) is 5.69 Å². The van der Waals surface area contributed by atoms with Crippen molar-refractivity contribution in [2.75, 3.05) is 4.90 Å². The summed E-state index contributed by atoms with van der Waals surface area (Å²) in [6, 6.07) is 33.3. The van der Waals surface area contributed by atoms with E-state index in [9.17, 15) is 0 Å². The summed E-state index contributed by atoms with van der Waals surface area (Å²) in [6.07, 6.45) is 5.24. The quantitative estimate of drug-likeness (QED) is 0.386. The zero-order valence-electron chi connectivity index (χ0n) is 19.9. The number of rotatable bonds is 3. The average Bonchev–Trinajstić information content (AvgIpc) is 3.23. The monoisotopic (exact) mass is 466 g/mol. The van der Waals surface area contributed by atoms with Gasteiger partial charge in [0.25, 0.3) is 0 Å². The summed E-state index contributed by atoms with van der Waals surface area (Å²) < 4.78 is 2.34. The highest BCUT2D eigenvalue weighted by atomic mass is 15.2. The molecule has 2 N–H and O–H groups in total. The van der Waals surface area contributed by atoms with Gasteiger partial charge in [-0.15, -0.1) is 0 Å². The van der Waals surface area contributed by atoms with Crippen LogP contribution in [0.4, 0.5) is 11.5 Å². The number of benzene rings is 3. The number of hydrogen-bond donors (Lipinski definition) is 1. The molecule has 0 bridgehead atoms. The Balaban J connectivity index is 1.68. The molecule has 174 valence electrons. The molecule has 0 saturated heterocycles. The molecule has 1 aliphatic heterocycles. The van der Waals surface area contributed by atoms with E-state index in [1.54, 1.807) is 0 Å². The third kappa shape index (κ3) is 3.60. The van der Waals surface area contributed by atoms with Crippen LogP contribution >= 0.6 is 0 Å². The van der Waals surface area contributed by atoms with Crippen LogP contribution in [0.2, 0.25) is 0 Å². The SMILES string of the molecule is C=C(N)c1cccc(N2C(=C)/C=c3\c(n(-c4ccccc4)c4ccccc34)=C/Cc3ccccc32)n1. The zero-order chi connectivity index (χ0) is 24.6. The first-order chi connectivity index (χ1) is 17.6. The molecule has 3 heterocycles. The summed E-state index contributed by atoms with van der Waals surface area (Å²) in [6.45, 7) is 8.41. The third-order valence-corrected chi connectivity index (χ3v) is 6.60. The molecular weight excluding hydrogens is 440 g/mol. The molecular formula is C32H26N4. The second-order valence-corrected chi connectivity index (χ2v) is 8.90. The second-order valence-electron chi connectivity index (χ2n) is 8.90. The molecule has 4 heteroatoms. The van der Waals surface area contributed by atoms with Gasteiger partial charge in [0.1, 0.15) is 5.82 Å². The summed E-state index contributed by atoms with van der Waals surface area (Å²) in [5, 5.41) is 3.46. The molecule has 1 aliphatic rings. The Morgan fingerprint density at radius 2 is 1.58 bits per heavy atom. The first-order valence-corrected chi connectivity index (χ1v) is 12.0. The van der Waals surface area contributed by atoms with E-state index in [-0.39, 0.29) is 0 Å². The van der Waals surface area contributed by atoms with Crippen molar-refractivity contribution in [1.82, 2.24) is 9.55 Å². The number of fused-ring (bicyclic) bond motifs is 4. The maximum atomic E-state index is 5.99. The molecule has 3 aromatic carbocycles. The minimum Gasteiger partial charge on any atom is -0.397 e. The lowest BCUT2D eigenvalue weighted by Gasteiger charge is -2.26. The molecule has 5 aromatic rings. The maximum Gasteiger partial charge on any atom is 0.138 e. The summed E-state index contributed by atoms with van der Waals surface area (Å²) in [7, 11) is 0. The fraction of sp³-hybridized carbons (Fsp3) is 0.0312. The Morgan fingerprint density at radius 3 is 2.42 bits per heavy atom. The van der Waals surface area contributed by atoms with Crippen LogP contribution in [0.1, 0.15) is 11.3 Å². The highest BCUT2D eigenvalue weighted by Crippen LogP contribution is 2.33. The van der Waals surface area contributed by atoms with Gasteiger partial charge in [0.15, 0.2) is 0 Å². The van der Waals surface area contributed by atoms with Crippen molar-refractivity contribution < 1.29 is 0 Å². The number of nitrogens with two attached hydrogens (primary N) is 1. The zero-order valence-corrected chi connectivity index (χ0v) is 19.9. The summed E-state index contributed by atoms with van der Waals surface area (Å²) >= 11 is 0. The summed E-state index contributed by atoms with van der Waals surface area (Å²) in [5.41, 5.74) is 12.4. The van der Waals surface area contributed by atoms with Crippen LogP contribution in [0.15, 0.2) is 116 Å². The van der Waals surface area contributed by atoms with Gasteiger partial charge in [0.05, 0.1) is 27.9 Å². The molecule has 0 spiro atoms. The van der Waals surface area contributed by atoms with Crippen molar-refractivity contribution in [2.45, 2.75) is 6.42 Å². The van der Waals surface area contributed by atoms with Gasteiger partial charge >= 0.3 is 0 Å². The lowest BCUT2D eigenvalue weighted by atomic mass is 10.1. The van der Waals surface area contributed by atoms with Crippen molar-refractivity contribution in [2.24, 2.45) is 5.73 Å². The molecule has 0 saturated carbocycles. The minimum absolute atomic E-state index is 0.436. The van der Waals surface area contributed by atoms with Crippen molar-refractivity contribution in [3.63, 3.8) is 0 Å². The normalized spacial score (nSPS) is 14.9. The van der Waals surface area contributed by atoms with Crippen LogP contribution in [0.25, 0.3) is 34.4 Å². The third-order valence-electron chi connectivity index (χ3n) is 6.60. The molecule has 0 radical (unpaired) electrons. The van der Waals surface area contributed by atoms with E-state index < -0.39 is 0 Å². The van der Waals surface area contributed by atoms with Gasteiger partial charge in [-0.3, -0.25) is 4.90 Å². The van der Waals surface area contributed by atoms with Crippen LogP contribution in [0, 0.1) is 0 Å². The minimum atomic E-state index is 0.436. The Hall–Kier alpha value is -4.83. The Bertz CT molecular complexity index is 1760. The largest absolute Gasteiger partial charge is 0.397 e. The fourth-order valence-corrected chi connectivity index (χ4v) is 4.98. The average molecular weight is 467 g/mol. The van der Waals surface area contributed by atoms with Gasteiger partial charge in [0.2, 0.25) is 0 Å². The predicted octanol–water partition coefficient (Wildman–Crippen LogP) is 5.42. The molecule has 4 nitrogen and oxygen atoms in total. The van der Waals surface area contributed by atoms with E-state index in [0.29, 0.717) is 11.4 Å². The van der Waals surface area contributed by atoms with Gasteiger partial charge in [-0.1, -0.05) is 79.9 Å². The van der Waals surface area contributed by atoms with Crippen LogP contribution in [-0.2, 0) is 6.42 Å². The van der Waals surface area contributed by atoms with E-state index in [0.717, 1.165) is 45.4 Å². The molecule has 2 aromatic heterocycles. The Morgan fingerprint density at radius 1 is 0.833 bits per heavy atom. The van der Waals surface area contributed by atoms with Gasteiger partial charge in [-0.25, -0.2) is 4.98 Å². The lowest BCUT2D eigenvalue weighted by Crippen LogP contribution is -2.29. The van der Waals surface area contributed by atoms with Gasteiger partial charge < -0.3 is 10.3 Å². The van der Waals surface area contributed by atoms with Gasteiger partial charge in [-0.2, -0.15) is 0 Å². The number of hydrogen-bond acceptors (Lipinski definition) is 3. The van der Waals surface area contributed by atoms with E-state index in [4.69, 9.17) is 10.7 Å². The van der Waals surface area contributed by atoms with E-state index in [1.807, 2.05) is 24.3 Å². The van der Waals surface area contributed by atoms with Crippen molar-refractivity contribution in [1.29, 1.82) is 0 Å². The number of pyridine rings is 1. The highest BCUT2D eigenvalue weighted by molar-refractivity contribution is 5.86. The predicted molar refractivity (Wildman–Crippen MR) is 150 cm³/mol. The maximum absolute atomic E-state index is 5.99. The highest BCUT2D eigenvalue weighted by Gasteiger charge is 2.19. The topological polar surface area (TPSA) is 47.1 Å². The lowest BCUT2D eigenvalue weighted by molar-refractivity contribution is 1.06. The number of allylic oxidation sites excluding steroid dienone is 1. The van der Waals surface area contributed by atoms with E-state index in [1.165, 1.54) is 10.9 Å². The first kappa shape index (κ1) is 21.7. The molecule has 6 rings (SSSR count). The molecule has 0 unspecified atom stereocenters. The van der Waals surface area contributed by atoms with Crippen LogP contribution in [0.3, 0.4) is 0 Å². The van der Waals surface area contributed by atoms with E-state index in [2.05, 4.69) is 108 Å². The smallest absolute Gasteiger partial charge is 0.138 e.